The van der Waals surface area contributed by atoms with Gasteiger partial charge in [-0.25, -0.2) is 0 Å². The van der Waals surface area contributed by atoms with Crippen molar-refractivity contribution in [2.24, 2.45) is 0 Å². The molecule has 0 N–H and O–H groups in total. The van der Waals surface area contributed by atoms with E-state index < -0.39 is 0 Å². The number of aryl methyl sites for hydroxylation is 2. The number of furan rings is 1. The standard InChI is InChI=1S/C28H29ClO3/c1-5-10-20-13-14-26(19(4)18(20)3)30-17-24-27-21(15-22(6-2)31-27)16-25(29)28(24)32-23-11-8-7-9-12-23/h7-9,11-16H,5-6,10,17H2,1-4H3. The minimum Gasteiger partial charge on any atom is -0.488 e. The number of fused-ring (bicyclic) bond motifs is 1. The summed E-state index contributed by atoms with van der Waals surface area (Å²) in [5, 5.41) is 1.49. The maximum atomic E-state index is 6.68. The number of hydrogen-bond acceptors (Lipinski definition) is 3. The summed E-state index contributed by atoms with van der Waals surface area (Å²) in [4.78, 5) is 0. The molecule has 0 spiro atoms. The van der Waals surface area contributed by atoms with E-state index in [1.165, 1.54) is 11.1 Å². The van der Waals surface area contributed by atoms with Gasteiger partial charge in [-0.15, -0.1) is 0 Å². The van der Waals surface area contributed by atoms with E-state index in [-0.39, 0.29) is 0 Å². The molecule has 0 unspecified atom stereocenters. The lowest BCUT2D eigenvalue weighted by atomic mass is 9.99. The second kappa shape index (κ2) is 9.70. The molecule has 3 nitrogen and oxygen atoms in total. The van der Waals surface area contributed by atoms with Crippen LogP contribution in [-0.4, -0.2) is 0 Å². The van der Waals surface area contributed by atoms with Gasteiger partial charge in [0.15, 0.2) is 5.75 Å². The van der Waals surface area contributed by atoms with E-state index in [1.54, 1.807) is 0 Å². The highest BCUT2D eigenvalue weighted by molar-refractivity contribution is 6.33. The number of ether oxygens (including phenoxy) is 2. The van der Waals surface area contributed by atoms with Crippen LogP contribution in [0.2, 0.25) is 5.02 Å². The van der Waals surface area contributed by atoms with Crippen LogP contribution in [-0.2, 0) is 19.4 Å². The first-order chi connectivity index (χ1) is 15.5. The maximum absolute atomic E-state index is 6.68. The Morgan fingerprint density at radius 1 is 0.938 bits per heavy atom. The van der Waals surface area contributed by atoms with Gasteiger partial charge in [0.1, 0.15) is 29.4 Å². The van der Waals surface area contributed by atoms with Crippen molar-refractivity contribution in [1.29, 1.82) is 0 Å². The Kier molecular flexibility index (Phi) is 6.76. The zero-order valence-electron chi connectivity index (χ0n) is 19.1. The second-order valence-corrected chi connectivity index (χ2v) is 8.48. The average molecular weight is 449 g/mol. The summed E-state index contributed by atoms with van der Waals surface area (Å²) in [6.07, 6.45) is 3.00. The van der Waals surface area contributed by atoms with Crippen LogP contribution in [0.1, 0.15) is 48.3 Å². The van der Waals surface area contributed by atoms with Crippen LogP contribution >= 0.6 is 11.6 Å². The molecule has 0 aliphatic heterocycles. The third-order valence-corrected chi connectivity index (χ3v) is 6.19. The summed E-state index contributed by atoms with van der Waals surface area (Å²) in [7, 11) is 0. The fourth-order valence-electron chi connectivity index (χ4n) is 3.97. The van der Waals surface area contributed by atoms with Gasteiger partial charge < -0.3 is 13.9 Å². The zero-order chi connectivity index (χ0) is 22.7. The molecular formula is C28H29ClO3. The monoisotopic (exact) mass is 448 g/mol. The van der Waals surface area contributed by atoms with Gasteiger partial charge in [0, 0.05) is 11.8 Å². The Morgan fingerprint density at radius 2 is 1.72 bits per heavy atom. The second-order valence-electron chi connectivity index (χ2n) is 8.08. The van der Waals surface area contributed by atoms with Crippen molar-refractivity contribution in [2.45, 2.75) is 53.6 Å². The Labute approximate surface area is 194 Å². The van der Waals surface area contributed by atoms with Crippen molar-refractivity contribution in [2.75, 3.05) is 0 Å². The molecular weight excluding hydrogens is 420 g/mol. The molecule has 0 amide bonds. The van der Waals surface area contributed by atoms with E-state index >= 15 is 0 Å². The molecule has 0 aliphatic carbocycles. The minimum atomic E-state index is 0.295. The molecule has 1 aromatic heterocycles. The Hall–Kier alpha value is -2.91. The fourth-order valence-corrected chi connectivity index (χ4v) is 4.24. The first-order valence-corrected chi connectivity index (χ1v) is 11.6. The van der Waals surface area contributed by atoms with Gasteiger partial charge in [0.25, 0.3) is 0 Å². The van der Waals surface area contributed by atoms with Crippen LogP contribution in [0.25, 0.3) is 11.0 Å². The van der Waals surface area contributed by atoms with Gasteiger partial charge in [-0.05, 0) is 67.3 Å². The van der Waals surface area contributed by atoms with E-state index in [1.807, 2.05) is 42.5 Å². The smallest absolute Gasteiger partial charge is 0.156 e. The van der Waals surface area contributed by atoms with Crippen LogP contribution in [0.4, 0.5) is 0 Å². The summed E-state index contributed by atoms with van der Waals surface area (Å²) >= 11 is 6.68. The lowest BCUT2D eigenvalue weighted by Gasteiger charge is -2.17. The van der Waals surface area contributed by atoms with E-state index in [0.29, 0.717) is 23.1 Å². The molecule has 0 bridgehead atoms. The quantitative estimate of drug-likeness (QED) is 0.270. The Balaban J connectivity index is 1.74. The number of rotatable bonds is 8. The van der Waals surface area contributed by atoms with E-state index in [9.17, 15) is 0 Å². The molecule has 1 heterocycles. The topological polar surface area (TPSA) is 31.6 Å². The normalized spacial score (nSPS) is 11.2. The van der Waals surface area contributed by atoms with Crippen molar-refractivity contribution in [3.05, 3.63) is 87.6 Å². The molecule has 3 aromatic carbocycles. The van der Waals surface area contributed by atoms with Crippen molar-refractivity contribution in [3.63, 3.8) is 0 Å². The number of para-hydroxylation sites is 1. The number of benzene rings is 3. The van der Waals surface area contributed by atoms with Gasteiger partial charge in [-0.2, -0.15) is 0 Å². The van der Waals surface area contributed by atoms with Crippen LogP contribution < -0.4 is 9.47 Å². The van der Waals surface area contributed by atoms with Crippen LogP contribution in [0.5, 0.6) is 17.2 Å². The van der Waals surface area contributed by atoms with Crippen molar-refractivity contribution < 1.29 is 13.9 Å². The highest BCUT2D eigenvalue weighted by atomic mass is 35.5. The summed E-state index contributed by atoms with van der Waals surface area (Å²) in [6, 6.07) is 17.8. The van der Waals surface area contributed by atoms with Crippen LogP contribution in [0, 0.1) is 13.8 Å². The first-order valence-electron chi connectivity index (χ1n) is 11.2. The maximum Gasteiger partial charge on any atom is 0.156 e. The Bertz CT molecular complexity index is 1220. The number of halogens is 1. The average Bonchev–Trinajstić information content (AvgIpc) is 3.21. The lowest BCUT2D eigenvalue weighted by molar-refractivity contribution is 0.297. The summed E-state index contributed by atoms with van der Waals surface area (Å²) in [5.74, 6) is 3.06. The highest BCUT2D eigenvalue weighted by Crippen LogP contribution is 2.40. The predicted molar refractivity (Wildman–Crippen MR) is 131 cm³/mol. The molecule has 32 heavy (non-hydrogen) atoms. The molecule has 4 heteroatoms. The van der Waals surface area contributed by atoms with Gasteiger partial charge in [0.2, 0.25) is 0 Å². The van der Waals surface area contributed by atoms with E-state index in [0.717, 1.165) is 52.9 Å². The third kappa shape index (κ3) is 4.49. The molecule has 0 aliphatic rings. The molecule has 0 saturated carbocycles. The van der Waals surface area contributed by atoms with Gasteiger partial charge >= 0.3 is 0 Å². The van der Waals surface area contributed by atoms with Crippen LogP contribution in [0.15, 0.2) is 59.0 Å². The lowest BCUT2D eigenvalue weighted by Crippen LogP contribution is -2.03. The predicted octanol–water partition coefficient (Wildman–Crippen LogP) is 8.59. The largest absolute Gasteiger partial charge is 0.488 e. The third-order valence-electron chi connectivity index (χ3n) is 5.91. The van der Waals surface area contributed by atoms with Crippen molar-refractivity contribution in [1.82, 2.24) is 0 Å². The SMILES string of the molecule is CCCc1ccc(OCc2c(Oc3ccccc3)c(Cl)cc3cc(CC)oc23)c(C)c1C. The molecule has 0 fully saturated rings. The molecule has 0 radical (unpaired) electrons. The summed E-state index contributed by atoms with van der Waals surface area (Å²) in [5.41, 5.74) is 5.38. The van der Waals surface area contributed by atoms with Gasteiger partial charge in [0.05, 0.1) is 10.6 Å². The molecule has 166 valence electrons. The summed E-state index contributed by atoms with van der Waals surface area (Å²) < 4.78 is 18.7. The molecule has 4 aromatic rings. The van der Waals surface area contributed by atoms with Gasteiger partial charge in [-0.3, -0.25) is 0 Å². The fraction of sp³-hybridized carbons (Fsp3) is 0.286. The first kappa shape index (κ1) is 22.3. The van der Waals surface area contributed by atoms with Crippen molar-refractivity contribution in [3.8, 4) is 17.2 Å². The molecule has 0 atom stereocenters. The molecule has 0 saturated heterocycles. The zero-order valence-corrected chi connectivity index (χ0v) is 19.9. The highest BCUT2D eigenvalue weighted by Gasteiger charge is 2.20. The van der Waals surface area contributed by atoms with E-state index in [2.05, 4.69) is 39.8 Å². The summed E-state index contributed by atoms with van der Waals surface area (Å²) in [6.45, 7) is 8.84. The Morgan fingerprint density at radius 3 is 2.44 bits per heavy atom. The van der Waals surface area contributed by atoms with Crippen LogP contribution in [0.3, 0.4) is 0 Å². The number of hydrogen-bond donors (Lipinski definition) is 0. The van der Waals surface area contributed by atoms with Crippen molar-refractivity contribution >= 4 is 22.6 Å². The minimum absolute atomic E-state index is 0.295. The molecule has 4 rings (SSSR count). The van der Waals surface area contributed by atoms with E-state index in [4.69, 9.17) is 25.5 Å². The van der Waals surface area contributed by atoms with Gasteiger partial charge in [-0.1, -0.05) is 56.1 Å².